The molecule has 0 amide bonds. The molecule has 2 saturated carbocycles. The molecule has 0 aromatic heterocycles. The number of benzene rings is 1. The Kier molecular flexibility index (Phi) is 8.61. The van der Waals surface area contributed by atoms with Gasteiger partial charge in [-0.2, -0.15) is 11.8 Å². The van der Waals surface area contributed by atoms with Crippen LogP contribution < -0.4 is 16.5 Å². The molecule has 0 spiro atoms. The van der Waals surface area contributed by atoms with Crippen LogP contribution in [0, 0.1) is 11.8 Å². The molecule has 0 saturated heterocycles. The zero-order valence-corrected chi connectivity index (χ0v) is 18.1. The summed E-state index contributed by atoms with van der Waals surface area (Å²) in [5.41, 5.74) is 0.336. The van der Waals surface area contributed by atoms with Crippen molar-refractivity contribution in [2.45, 2.75) is 63.6 Å². The third-order valence-electron chi connectivity index (χ3n) is 6.07. The van der Waals surface area contributed by atoms with E-state index in [1.807, 2.05) is 0 Å². The van der Waals surface area contributed by atoms with Gasteiger partial charge < -0.3 is 23.9 Å². The van der Waals surface area contributed by atoms with Crippen LogP contribution in [0.25, 0.3) is 0 Å². The van der Waals surface area contributed by atoms with Crippen molar-refractivity contribution in [3.8, 4) is 5.75 Å². The molecule has 2 aliphatic carbocycles. The van der Waals surface area contributed by atoms with E-state index in [2.05, 4.69) is 9.68 Å². The fourth-order valence-corrected chi connectivity index (χ4v) is 4.17. The van der Waals surface area contributed by atoms with E-state index in [9.17, 15) is 19.2 Å². The standard InChI is InChI=1S/C22H28N2O9/c23-32-21(27)15-5-9-17(10-6-15)30-19(25)13-1-7-16(8-2-13)29-20(26)14-3-11-18(12-4-14)31-22(28)33-24/h1-2,7-8,14-15,17-18H,3-6,9-12,23-24H2. The number of carbonyl (C=O) groups is 4. The highest BCUT2D eigenvalue weighted by Crippen LogP contribution is 2.29. The Labute approximate surface area is 190 Å². The lowest BCUT2D eigenvalue weighted by Gasteiger charge is -2.26. The molecule has 11 heteroatoms. The fraction of sp³-hybridized carbons (Fsp3) is 0.545. The smallest absolute Gasteiger partial charge is 0.459 e. The second kappa shape index (κ2) is 11.6. The van der Waals surface area contributed by atoms with Gasteiger partial charge in [0.1, 0.15) is 18.0 Å². The molecule has 2 fully saturated rings. The predicted octanol–water partition coefficient (Wildman–Crippen LogP) is 2.31. The predicted molar refractivity (Wildman–Crippen MR) is 111 cm³/mol. The van der Waals surface area contributed by atoms with Crippen LogP contribution in [-0.4, -0.2) is 36.3 Å². The number of ether oxygens (including phenoxy) is 3. The summed E-state index contributed by atoms with van der Waals surface area (Å²) < 4.78 is 15.9. The van der Waals surface area contributed by atoms with Crippen molar-refractivity contribution in [2.24, 2.45) is 23.6 Å². The Morgan fingerprint density at radius 3 is 1.70 bits per heavy atom. The number of hydrogen-bond acceptors (Lipinski definition) is 11. The first-order valence-corrected chi connectivity index (χ1v) is 10.9. The van der Waals surface area contributed by atoms with Crippen molar-refractivity contribution in [1.82, 2.24) is 0 Å². The maximum absolute atomic E-state index is 12.4. The van der Waals surface area contributed by atoms with Gasteiger partial charge in [0.25, 0.3) is 0 Å². The lowest BCUT2D eigenvalue weighted by atomic mass is 9.87. The summed E-state index contributed by atoms with van der Waals surface area (Å²) in [6, 6.07) is 6.14. The van der Waals surface area contributed by atoms with Gasteiger partial charge in [0.05, 0.1) is 17.4 Å². The zero-order valence-electron chi connectivity index (χ0n) is 18.1. The second-order valence-electron chi connectivity index (χ2n) is 8.22. The summed E-state index contributed by atoms with van der Waals surface area (Å²) in [4.78, 5) is 55.6. The molecule has 1 aromatic carbocycles. The summed E-state index contributed by atoms with van der Waals surface area (Å²) in [7, 11) is 0. The molecule has 0 bridgehead atoms. The molecule has 4 N–H and O–H groups in total. The Hall–Kier alpha value is -3.18. The van der Waals surface area contributed by atoms with Gasteiger partial charge in [0.15, 0.2) is 0 Å². The van der Waals surface area contributed by atoms with Gasteiger partial charge >= 0.3 is 24.1 Å². The first-order chi connectivity index (χ1) is 15.9. The molecule has 3 rings (SSSR count). The van der Waals surface area contributed by atoms with E-state index in [-0.39, 0.29) is 30.0 Å². The number of rotatable bonds is 6. The monoisotopic (exact) mass is 464 g/mol. The van der Waals surface area contributed by atoms with Crippen LogP contribution in [0.15, 0.2) is 24.3 Å². The van der Waals surface area contributed by atoms with E-state index >= 15 is 0 Å². The molecular formula is C22H28N2O9. The molecule has 33 heavy (non-hydrogen) atoms. The third kappa shape index (κ3) is 6.90. The van der Waals surface area contributed by atoms with E-state index in [4.69, 9.17) is 26.0 Å². The number of esters is 2. The summed E-state index contributed by atoms with van der Waals surface area (Å²) in [5, 5.41) is 0. The molecule has 0 heterocycles. The number of hydrogen-bond donors (Lipinski definition) is 2. The van der Waals surface area contributed by atoms with E-state index in [1.54, 1.807) is 0 Å². The fourth-order valence-electron chi connectivity index (χ4n) is 4.17. The molecule has 0 aliphatic heterocycles. The van der Waals surface area contributed by atoms with Crippen LogP contribution in [0.5, 0.6) is 5.75 Å². The van der Waals surface area contributed by atoms with Gasteiger partial charge in [-0.05, 0) is 75.6 Å². The Bertz CT molecular complexity index is 842. The minimum absolute atomic E-state index is 0.260. The van der Waals surface area contributed by atoms with Gasteiger partial charge in [-0.25, -0.2) is 9.59 Å². The van der Waals surface area contributed by atoms with Crippen LogP contribution in [0.1, 0.15) is 61.7 Å². The van der Waals surface area contributed by atoms with Crippen molar-refractivity contribution >= 4 is 24.1 Å². The molecular weight excluding hydrogens is 436 g/mol. The van der Waals surface area contributed by atoms with Gasteiger partial charge in [0.2, 0.25) is 0 Å². The lowest BCUT2D eigenvalue weighted by Crippen LogP contribution is -2.30. The van der Waals surface area contributed by atoms with Crippen LogP contribution in [0.3, 0.4) is 0 Å². The normalized spacial score (nSPS) is 24.8. The van der Waals surface area contributed by atoms with Crippen molar-refractivity contribution in [3.05, 3.63) is 29.8 Å². The Balaban J connectivity index is 1.43. The summed E-state index contributed by atoms with van der Waals surface area (Å²) in [6.45, 7) is 0. The first-order valence-electron chi connectivity index (χ1n) is 10.9. The molecule has 1 aromatic rings. The van der Waals surface area contributed by atoms with Crippen molar-refractivity contribution in [2.75, 3.05) is 0 Å². The highest BCUT2D eigenvalue weighted by molar-refractivity contribution is 5.89. The minimum atomic E-state index is -0.941. The van der Waals surface area contributed by atoms with Crippen LogP contribution in [0.2, 0.25) is 0 Å². The molecule has 0 radical (unpaired) electrons. The third-order valence-corrected chi connectivity index (χ3v) is 6.07. The topological polar surface area (TPSA) is 166 Å². The SMILES string of the molecule is NOC(=O)OC1CCC(C(=O)Oc2ccc(C(=O)OC3CCC(C(=O)ON)CC3)cc2)CC1. The van der Waals surface area contributed by atoms with E-state index in [1.165, 1.54) is 24.3 Å². The maximum Gasteiger partial charge on any atom is 0.527 e. The summed E-state index contributed by atoms with van der Waals surface area (Å²) in [5.74, 6) is 8.12. The van der Waals surface area contributed by atoms with Crippen LogP contribution in [-0.2, 0) is 28.7 Å². The van der Waals surface area contributed by atoms with Gasteiger partial charge in [-0.3, -0.25) is 9.59 Å². The average molecular weight is 464 g/mol. The zero-order chi connectivity index (χ0) is 23.8. The largest absolute Gasteiger partial charge is 0.527 e. The Morgan fingerprint density at radius 1 is 0.667 bits per heavy atom. The molecule has 0 atom stereocenters. The van der Waals surface area contributed by atoms with Crippen molar-refractivity contribution < 1.29 is 43.1 Å². The average Bonchev–Trinajstić information content (AvgIpc) is 2.84. The molecule has 11 nitrogen and oxygen atoms in total. The molecule has 0 unspecified atom stereocenters. The van der Waals surface area contributed by atoms with Gasteiger partial charge in [0, 0.05) is 0 Å². The van der Waals surface area contributed by atoms with E-state index < -0.39 is 18.1 Å². The van der Waals surface area contributed by atoms with Crippen molar-refractivity contribution in [3.63, 3.8) is 0 Å². The number of nitrogens with two attached hydrogens (primary N) is 2. The van der Waals surface area contributed by atoms with Gasteiger partial charge in [-0.15, -0.1) is 0 Å². The maximum atomic E-state index is 12.4. The van der Waals surface area contributed by atoms with Crippen LogP contribution in [0.4, 0.5) is 4.79 Å². The van der Waals surface area contributed by atoms with Crippen molar-refractivity contribution in [1.29, 1.82) is 0 Å². The van der Waals surface area contributed by atoms with E-state index in [0.717, 1.165) is 0 Å². The summed E-state index contributed by atoms with van der Waals surface area (Å²) in [6.07, 6.45) is 2.70. The number of carbonyl (C=O) groups excluding carboxylic acids is 4. The van der Waals surface area contributed by atoms with E-state index in [0.29, 0.717) is 62.7 Å². The lowest BCUT2D eigenvalue weighted by molar-refractivity contribution is -0.151. The van der Waals surface area contributed by atoms with Gasteiger partial charge in [-0.1, -0.05) is 0 Å². The molecule has 2 aliphatic rings. The quantitative estimate of drug-likeness (QED) is 0.360. The summed E-state index contributed by atoms with van der Waals surface area (Å²) >= 11 is 0. The second-order valence-corrected chi connectivity index (χ2v) is 8.22. The Morgan fingerprint density at radius 2 is 1.18 bits per heavy atom. The van der Waals surface area contributed by atoms with Crippen LogP contribution >= 0.6 is 0 Å². The first kappa shape index (κ1) is 24.5. The molecule has 180 valence electrons. The highest BCUT2D eigenvalue weighted by Gasteiger charge is 2.31. The highest BCUT2D eigenvalue weighted by atomic mass is 16.8. The minimum Gasteiger partial charge on any atom is -0.459 e.